The number of pyridine rings is 1. The molecule has 0 saturated carbocycles. The van der Waals surface area contributed by atoms with Crippen molar-refractivity contribution in [1.82, 2.24) is 9.55 Å². The van der Waals surface area contributed by atoms with Crippen molar-refractivity contribution in [2.45, 2.75) is 25.8 Å². The maximum absolute atomic E-state index is 12.4. The third kappa shape index (κ3) is 3.02. The van der Waals surface area contributed by atoms with Crippen molar-refractivity contribution in [1.29, 1.82) is 0 Å². The highest BCUT2D eigenvalue weighted by atomic mass is 19.1. The predicted octanol–water partition coefficient (Wildman–Crippen LogP) is 6.00. The van der Waals surface area contributed by atoms with Gasteiger partial charge in [0.15, 0.2) is 0 Å². The van der Waals surface area contributed by atoms with Crippen LogP contribution in [0, 0.1) is 0 Å². The summed E-state index contributed by atoms with van der Waals surface area (Å²) in [5.41, 5.74) is 3.68. The van der Waals surface area contributed by atoms with Crippen LogP contribution in [0.15, 0.2) is 67.0 Å². The second-order valence-corrected chi connectivity index (χ2v) is 6.39. The summed E-state index contributed by atoms with van der Waals surface area (Å²) in [6, 6.07) is 19.2. The molecule has 0 aliphatic heterocycles. The molecule has 0 atom stereocenters. The third-order valence-corrected chi connectivity index (χ3v) is 4.78. The first-order valence-corrected chi connectivity index (χ1v) is 8.86. The van der Waals surface area contributed by atoms with E-state index in [1.54, 1.807) is 0 Å². The molecule has 2 nitrogen and oxygen atoms in total. The molecule has 2 heterocycles. The second-order valence-electron chi connectivity index (χ2n) is 6.39. The summed E-state index contributed by atoms with van der Waals surface area (Å²) >= 11 is 0. The molecule has 3 heteroatoms. The van der Waals surface area contributed by atoms with Gasteiger partial charge in [0.2, 0.25) is 0 Å². The number of nitrogens with zero attached hydrogens (tertiary/aromatic N) is 2. The lowest BCUT2D eigenvalue weighted by Gasteiger charge is -2.13. The summed E-state index contributed by atoms with van der Waals surface area (Å²) < 4.78 is 14.8. The predicted molar refractivity (Wildman–Crippen MR) is 103 cm³/mol. The van der Waals surface area contributed by atoms with Crippen LogP contribution in [0.4, 0.5) is 4.39 Å². The molecule has 0 amide bonds. The third-order valence-electron chi connectivity index (χ3n) is 4.78. The van der Waals surface area contributed by atoms with Crippen LogP contribution >= 0.6 is 0 Å². The number of hydrogen-bond donors (Lipinski definition) is 0. The van der Waals surface area contributed by atoms with Crippen molar-refractivity contribution in [3.05, 3.63) is 67.0 Å². The van der Waals surface area contributed by atoms with E-state index in [9.17, 15) is 4.39 Å². The van der Waals surface area contributed by atoms with Gasteiger partial charge in [-0.3, -0.25) is 9.37 Å². The number of hydrogen-bond acceptors (Lipinski definition) is 1. The van der Waals surface area contributed by atoms with Gasteiger partial charge >= 0.3 is 0 Å². The van der Waals surface area contributed by atoms with Crippen LogP contribution in [0.1, 0.15) is 19.3 Å². The van der Waals surface area contributed by atoms with Gasteiger partial charge in [-0.1, -0.05) is 36.4 Å². The highest BCUT2D eigenvalue weighted by Gasteiger charge is 2.12. The summed E-state index contributed by atoms with van der Waals surface area (Å²) in [6.45, 7) is 0.680. The number of halogens is 1. The number of para-hydroxylation sites is 1. The Morgan fingerprint density at radius 2 is 1.76 bits per heavy atom. The van der Waals surface area contributed by atoms with Crippen molar-refractivity contribution in [3.8, 4) is 11.3 Å². The number of fused-ring (bicyclic) bond motifs is 2. The maximum atomic E-state index is 12.4. The molecule has 126 valence electrons. The van der Waals surface area contributed by atoms with Crippen LogP contribution in [-0.2, 0) is 6.54 Å². The minimum Gasteiger partial charge on any atom is -0.340 e. The summed E-state index contributed by atoms with van der Waals surface area (Å²) in [5, 5.41) is 3.61. The number of aromatic nitrogens is 2. The van der Waals surface area contributed by atoms with Gasteiger partial charge in [-0.25, -0.2) is 0 Å². The Morgan fingerprint density at radius 1 is 0.880 bits per heavy atom. The lowest BCUT2D eigenvalue weighted by atomic mass is 10.0. The molecular formula is C22H21FN2. The van der Waals surface area contributed by atoms with Crippen molar-refractivity contribution in [2.75, 3.05) is 6.67 Å². The van der Waals surface area contributed by atoms with Crippen molar-refractivity contribution in [2.24, 2.45) is 0 Å². The number of alkyl halides is 1. The van der Waals surface area contributed by atoms with Crippen molar-refractivity contribution < 1.29 is 4.39 Å². The largest absolute Gasteiger partial charge is 0.340 e. The van der Waals surface area contributed by atoms with Gasteiger partial charge in [0.1, 0.15) is 0 Å². The molecule has 0 unspecified atom stereocenters. The normalized spacial score (nSPS) is 11.4. The van der Waals surface area contributed by atoms with Gasteiger partial charge in [0.05, 0.1) is 6.67 Å². The molecule has 0 fully saturated rings. The number of benzene rings is 2. The van der Waals surface area contributed by atoms with Gasteiger partial charge in [0, 0.05) is 46.5 Å². The van der Waals surface area contributed by atoms with Gasteiger partial charge in [-0.15, -0.1) is 0 Å². The first-order valence-electron chi connectivity index (χ1n) is 8.86. The Bertz CT molecular complexity index is 998. The minimum absolute atomic E-state index is 0.227. The van der Waals surface area contributed by atoms with E-state index >= 15 is 0 Å². The molecule has 4 aromatic rings. The van der Waals surface area contributed by atoms with Crippen LogP contribution in [0.3, 0.4) is 0 Å². The van der Waals surface area contributed by atoms with Gasteiger partial charge in [-0.05, 0) is 42.8 Å². The molecule has 0 bridgehead atoms. The fourth-order valence-electron chi connectivity index (χ4n) is 3.56. The van der Waals surface area contributed by atoms with Gasteiger partial charge in [-0.2, -0.15) is 0 Å². The Labute approximate surface area is 146 Å². The highest BCUT2D eigenvalue weighted by Crippen LogP contribution is 2.33. The smallest absolute Gasteiger partial charge is 0.0894 e. The standard InChI is InChI=1S/C22H21FN2/c23-12-4-1-5-14-25-21-10-3-2-7-17(21)15-22(25)20-9-6-8-18-16-24-13-11-19(18)20/h2-3,6-11,13,15-16H,1,4-5,12,14H2. The zero-order chi connectivity index (χ0) is 17.1. The van der Waals surface area contributed by atoms with E-state index in [1.165, 1.54) is 27.5 Å². The summed E-state index contributed by atoms with van der Waals surface area (Å²) in [6.07, 6.45) is 6.31. The zero-order valence-electron chi connectivity index (χ0n) is 14.2. The van der Waals surface area contributed by atoms with Crippen molar-refractivity contribution in [3.63, 3.8) is 0 Å². The monoisotopic (exact) mass is 332 g/mol. The first-order chi connectivity index (χ1) is 12.4. The Balaban J connectivity index is 1.85. The van der Waals surface area contributed by atoms with Crippen LogP contribution < -0.4 is 0 Å². The molecule has 0 radical (unpaired) electrons. The zero-order valence-corrected chi connectivity index (χ0v) is 14.2. The summed E-state index contributed by atoms with van der Waals surface area (Å²) in [5.74, 6) is 0. The van der Waals surface area contributed by atoms with Gasteiger partial charge < -0.3 is 4.57 Å². The molecule has 0 aliphatic carbocycles. The topological polar surface area (TPSA) is 17.8 Å². The van der Waals surface area contributed by atoms with Crippen molar-refractivity contribution >= 4 is 21.7 Å². The van der Waals surface area contributed by atoms with E-state index in [0.29, 0.717) is 6.42 Å². The molecule has 0 N–H and O–H groups in total. The molecule has 0 spiro atoms. The average molecular weight is 332 g/mol. The lowest BCUT2D eigenvalue weighted by molar-refractivity contribution is 0.449. The van der Waals surface area contributed by atoms with Crippen LogP contribution in [0.2, 0.25) is 0 Å². The van der Waals surface area contributed by atoms with E-state index in [-0.39, 0.29) is 6.67 Å². The van der Waals surface area contributed by atoms with E-state index in [0.717, 1.165) is 24.8 Å². The quantitative estimate of drug-likeness (QED) is 0.396. The number of rotatable bonds is 6. The molecule has 0 saturated heterocycles. The van der Waals surface area contributed by atoms with Crippen LogP contribution in [0.25, 0.3) is 32.9 Å². The maximum Gasteiger partial charge on any atom is 0.0894 e. The number of aryl methyl sites for hydroxylation is 1. The molecule has 25 heavy (non-hydrogen) atoms. The molecule has 2 aromatic carbocycles. The second kappa shape index (κ2) is 7.06. The summed E-state index contributed by atoms with van der Waals surface area (Å²) in [4.78, 5) is 4.24. The fourth-order valence-corrected chi connectivity index (χ4v) is 3.56. The van der Waals surface area contributed by atoms with Crippen LogP contribution in [0.5, 0.6) is 0 Å². The Morgan fingerprint density at radius 3 is 2.68 bits per heavy atom. The average Bonchev–Trinajstić information content (AvgIpc) is 3.03. The molecule has 4 rings (SSSR count). The van der Waals surface area contributed by atoms with E-state index in [1.807, 2.05) is 12.4 Å². The SMILES string of the molecule is FCCCCCn1c(-c2cccc3cnccc23)cc2ccccc21. The Hall–Kier alpha value is -2.68. The molecular weight excluding hydrogens is 311 g/mol. The Kier molecular flexibility index (Phi) is 4.47. The molecule has 2 aromatic heterocycles. The summed E-state index contributed by atoms with van der Waals surface area (Å²) in [7, 11) is 0. The van der Waals surface area contributed by atoms with E-state index in [2.05, 4.69) is 64.1 Å². The first kappa shape index (κ1) is 15.8. The molecule has 0 aliphatic rings. The lowest BCUT2D eigenvalue weighted by Crippen LogP contribution is -2.01. The minimum atomic E-state index is -0.227. The highest BCUT2D eigenvalue weighted by molar-refractivity contribution is 5.98. The van der Waals surface area contributed by atoms with Gasteiger partial charge in [0.25, 0.3) is 0 Å². The van der Waals surface area contributed by atoms with E-state index < -0.39 is 0 Å². The number of unbranched alkanes of at least 4 members (excludes halogenated alkanes) is 2. The van der Waals surface area contributed by atoms with Crippen LogP contribution in [-0.4, -0.2) is 16.2 Å². The van der Waals surface area contributed by atoms with E-state index in [4.69, 9.17) is 0 Å². The fraction of sp³-hybridized carbons (Fsp3) is 0.227.